The Kier molecular flexibility index (Phi) is 7.92. The predicted octanol–water partition coefficient (Wildman–Crippen LogP) is 3.72. The van der Waals surface area contributed by atoms with Gasteiger partial charge in [-0.25, -0.2) is 9.78 Å². The van der Waals surface area contributed by atoms with Gasteiger partial charge < -0.3 is 19.4 Å². The second-order valence-corrected chi connectivity index (χ2v) is 8.14. The number of carbonyl (C=O) groups excluding carboxylic acids is 2. The first-order valence-electron chi connectivity index (χ1n) is 11.7. The zero-order valence-corrected chi connectivity index (χ0v) is 20.3. The van der Waals surface area contributed by atoms with Gasteiger partial charge in [-0.1, -0.05) is 42.5 Å². The minimum absolute atomic E-state index is 0.139. The lowest BCUT2D eigenvalue weighted by Crippen LogP contribution is -2.25. The van der Waals surface area contributed by atoms with E-state index >= 15 is 0 Å². The van der Waals surface area contributed by atoms with Crippen molar-refractivity contribution < 1.29 is 19.1 Å². The summed E-state index contributed by atoms with van der Waals surface area (Å²) in [6.07, 6.45) is 3.96. The third kappa shape index (κ3) is 5.36. The van der Waals surface area contributed by atoms with E-state index in [9.17, 15) is 14.4 Å². The lowest BCUT2D eigenvalue weighted by Gasteiger charge is -2.11. The summed E-state index contributed by atoms with van der Waals surface area (Å²) >= 11 is 0. The average molecular weight is 489 g/mol. The van der Waals surface area contributed by atoms with E-state index in [0.717, 1.165) is 11.1 Å². The molecule has 2 aromatic carbocycles. The Balaban J connectivity index is 1.70. The number of amides is 1. The Hall–Kier alpha value is -4.24. The van der Waals surface area contributed by atoms with Crippen LogP contribution in [-0.2, 0) is 27.4 Å². The summed E-state index contributed by atoms with van der Waals surface area (Å²) in [5, 5.41) is 2.78. The van der Waals surface area contributed by atoms with Crippen LogP contribution in [0.5, 0.6) is 0 Å². The number of anilines is 1. The molecular weight excluding hydrogens is 460 g/mol. The topological polar surface area (TPSA) is 104 Å². The van der Waals surface area contributed by atoms with Gasteiger partial charge in [0.25, 0.3) is 5.56 Å². The van der Waals surface area contributed by atoms with Crippen molar-refractivity contribution in [2.24, 2.45) is 0 Å². The number of nitrogens with one attached hydrogen (secondary N) is 1. The van der Waals surface area contributed by atoms with Crippen LogP contribution < -0.4 is 10.9 Å². The molecule has 186 valence electrons. The molecule has 1 amide bonds. The molecule has 1 N–H and O–H groups in total. The molecule has 9 heteroatoms. The lowest BCUT2D eigenvalue weighted by atomic mass is 10.1. The fraction of sp³-hybridized carbons (Fsp3) is 0.259. The van der Waals surface area contributed by atoms with E-state index < -0.39 is 11.9 Å². The van der Waals surface area contributed by atoms with Crippen molar-refractivity contribution in [2.75, 3.05) is 25.6 Å². The molecule has 9 nitrogen and oxygen atoms in total. The van der Waals surface area contributed by atoms with Crippen LogP contribution in [0.3, 0.4) is 0 Å². The summed E-state index contributed by atoms with van der Waals surface area (Å²) in [4.78, 5) is 43.4. The molecule has 0 bridgehead atoms. The summed E-state index contributed by atoms with van der Waals surface area (Å²) in [6, 6.07) is 16.2. The highest BCUT2D eigenvalue weighted by atomic mass is 16.5. The molecule has 0 spiro atoms. The van der Waals surface area contributed by atoms with Crippen molar-refractivity contribution >= 4 is 28.6 Å². The molecule has 0 aliphatic carbocycles. The molecule has 2 aromatic heterocycles. The minimum atomic E-state index is -0.519. The Labute approximate surface area is 208 Å². The maximum absolute atomic E-state index is 13.4. The number of methoxy groups -OCH3 is 1. The summed E-state index contributed by atoms with van der Waals surface area (Å²) in [6.45, 7) is 2.77. The van der Waals surface area contributed by atoms with Crippen molar-refractivity contribution in [1.82, 2.24) is 14.1 Å². The maximum atomic E-state index is 13.4. The van der Waals surface area contributed by atoms with E-state index in [1.54, 1.807) is 49.1 Å². The fourth-order valence-corrected chi connectivity index (χ4v) is 4.03. The van der Waals surface area contributed by atoms with Gasteiger partial charge in [-0.3, -0.25) is 14.2 Å². The minimum Gasteiger partial charge on any atom is -0.462 e. The van der Waals surface area contributed by atoms with Crippen LogP contribution in [0, 0.1) is 0 Å². The monoisotopic (exact) mass is 488 g/mol. The second kappa shape index (κ2) is 11.5. The number of ether oxygens (including phenoxy) is 2. The Morgan fingerprint density at radius 3 is 2.53 bits per heavy atom. The number of fused-ring (bicyclic) bond motifs is 1. The van der Waals surface area contributed by atoms with E-state index in [2.05, 4.69) is 10.3 Å². The van der Waals surface area contributed by atoms with Crippen LogP contribution in [0.4, 0.5) is 5.69 Å². The highest BCUT2D eigenvalue weighted by Crippen LogP contribution is 2.27. The maximum Gasteiger partial charge on any atom is 0.340 e. The average Bonchev–Trinajstić information content (AvgIpc) is 3.25. The lowest BCUT2D eigenvalue weighted by molar-refractivity contribution is -0.116. The molecule has 0 unspecified atom stereocenters. The van der Waals surface area contributed by atoms with E-state index in [1.807, 2.05) is 30.3 Å². The molecule has 36 heavy (non-hydrogen) atoms. The van der Waals surface area contributed by atoms with Crippen LogP contribution in [0.25, 0.3) is 22.2 Å². The standard InChI is InChI=1S/C27H28N4O5/c1-3-36-27(34)20-12-7-8-13-22(20)29-23(32)17-31-16-21(19-10-5-4-6-11-19)24-25(31)26(33)30(18-28-24)14-9-15-35-2/h4-8,10-13,16,18H,3,9,14-15,17H2,1-2H3,(H,29,32). The molecule has 2 heterocycles. The Bertz CT molecular complexity index is 1430. The number of benzene rings is 2. The number of rotatable bonds is 10. The third-order valence-electron chi connectivity index (χ3n) is 5.68. The van der Waals surface area contributed by atoms with Crippen LogP contribution in [-0.4, -0.2) is 46.3 Å². The number of nitrogens with zero attached hydrogens (tertiary/aromatic N) is 3. The zero-order chi connectivity index (χ0) is 25.5. The fourth-order valence-electron chi connectivity index (χ4n) is 4.03. The van der Waals surface area contributed by atoms with Gasteiger partial charge in [0.1, 0.15) is 17.6 Å². The first kappa shape index (κ1) is 24.9. The zero-order valence-electron chi connectivity index (χ0n) is 20.3. The van der Waals surface area contributed by atoms with Gasteiger partial charge in [0.05, 0.1) is 24.2 Å². The molecule has 0 radical (unpaired) electrons. The second-order valence-electron chi connectivity index (χ2n) is 8.14. The highest BCUT2D eigenvalue weighted by Gasteiger charge is 2.19. The highest BCUT2D eigenvalue weighted by molar-refractivity contribution is 6.02. The van der Waals surface area contributed by atoms with Crippen LogP contribution in [0.2, 0.25) is 0 Å². The number of para-hydroxylation sites is 1. The van der Waals surface area contributed by atoms with Gasteiger partial charge in [0.2, 0.25) is 5.91 Å². The van der Waals surface area contributed by atoms with Gasteiger partial charge in [0.15, 0.2) is 0 Å². The largest absolute Gasteiger partial charge is 0.462 e. The molecule has 0 aliphatic heterocycles. The number of aryl methyl sites for hydroxylation is 1. The molecular formula is C27H28N4O5. The van der Waals surface area contributed by atoms with Crippen LogP contribution >= 0.6 is 0 Å². The summed E-state index contributed by atoms with van der Waals surface area (Å²) in [5.41, 5.74) is 2.87. The number of carbonyl (C=O) groups is 2. The van der Waals surface area contributed by atoms with E-state index in [-0.39, 0.29) is 24.3 Å². The number of esters is 1. The quantitative estimate of drug-likeness (QED) is 0.270. The van der Waals surface area contributed by atoms with Gasteiger partial charge >= 0.3 is 5.97 Å². The van der Waals surface area contributed by atoms with Gasteiger partial charge in [-0.15, -0.1) is 0 Å². The molecule has 0 saturated carbocycles. The number of aromatic nitrogens is 3. The van der Waals surface area contributed by atoms with Gasteiger partial charge in [-0.05, 0) is 31.0 Å². The first-order valence-corrected chi connectivity index (χ1v) is 11.7. The van der Waals surface area contributed by atoms with E-state index in [1.165, 1.54) is 10.9 Å². The smallest absolute Gasteiger partial charge is 0.340 e. The van der Waals surface area contributed by atoms with Crippen molar-refractivity contribution in [3.63, 3.8) is 0 Å². The number of hydrogen-bond donors (Lipinski definition) is 1. The van der Waals surface area contributed by atoms with Crippen LogP contribution in [0.15, 0.2) is 71.9 Å². The SMILES string of the molecule is CCOC(=O)c1ccccc1NC(=O)Cn1cc(-c2ccccc2)c2ncn(CCCOC)c(=O)c21. The van der Waals surface area contributed by atoms with Crippen molar-refractivity contribution in [2.45, 2.75) is 26.4 Å². The molecule has 0 atom stereocenters. The molecule has 0 aliphatic rings. The van der Waals surface area contributed by atoms with Gasteiger partial charge in [0, 0.05) is 32.0 Å². The molecule has 4 rings (SSSR count). The normalized spacial score (nSPS) is 10.9. The van der Waals surface area contributed by atoms with Crippen molar-refractivity contribution in [3.05, 3.63) is 83.0 Å². The van der Waals surface area contributed by atoms with Crippen LogP contribution in [0.1, 0.15) is 23.7 Å². The Morgan fingerprint density at radius 1 is 1.03 bits per heavy atom. The van der Waals surface area contributed by atoms with Crippen molar-refractivity contribution in [3.8, 4) is 11.1 Å². The third-order valence-corrected chi connectivity index (χ3v) is 5.68. The number of hydrogen-bond acceptors (Lipinski definition) is 6. The van der Waals surface area contributed by atoms with E-state index in [0.29, 0.717) is 36.3 Å². The van der Waals surface area contributed by atoms with Crippen molar-refractivity contribution in [1.29, 1.82) is 0 Å². The molecule has 0 saturated heterocycles. The first-order chi connectivity index (χ1) is 17.5. The summed E-state index contributed by atoms with van der Waals surface area (Å²) in [7, 11) is 1.61. The van der Waals surface area contributed by atoms with E-state index in [4.69, 9.17) is 9.47 Å². The summed E-state index contributed by atoms with van der Waals surface area (Å²) in [5.74, 6) is -0.910. The predicted molar refractivity (Wildman–Crippen MR) is 137 cm³/mol. The molecule has 4 aromatic rings. The summed E-state index contributed by atoms with van der Waals surface area (Å²) < 4.78 is 13.3. The molecule has 0 fully saturated rings. The van der Waals surface area contributed by atoms with Gasteiger partial charge in [-0.2, -0.15) is 0 Å². The Morgan fingerprint density at radius 2 is 1.78 bits per heavy atom.